The van der Waals surface area contributed by atoms with Crippen LogP contribution >= 0.6 is 27.3 Å². The van der Waals surface area contributed by atoms with E-state index in [0.29, 0.717) is 0 Å². The molecule has 0 bridgehead atoms. The van der Waals surface area contributed by atoms with Gasteiger partial charge in [-0.3, -0.25) is 4.79 Å². The number of allylic oxidation sites excluding steroid dienone is 1. The molecule has 1 unspecified atom stereocenters. The number of halogens is 1. The Labute approximate surface area is 197 Å². The minimum absolute atomic E-state index is 0.0357. The number of rotatable bonds is 5. The topological polar surface area (TPSA) is 36.0 Å². The molecule has 0 fully saturated rings. The predicted molar refractivity (Wildman–Crippen MR) is 130 cm³/mol. The normalized spacial score (nSPS) is 18.2. The van der Waals surface area contributed by atoms with Gasteiger partial charge in [-0.25, -0.2) is 0 Å². The van der Waals surface area contributed by atoms with E-state index in [9.17, 15) is 4.79 Å². The van der Waals surface area contributed by atoms with Gasteiger partial charge in [0.1, 0.15) is 17.6 Å². The minimum Gasteiger partial charge on any atom is -0.496 e. The van der Waals surface area contributed by atoms with Crippen LogP contribution in [0, 0.1) is 0 Å². The van der Waals surface area contributed by atoms with Gasteiger partial charge in [-0.1, -0.05) is 13.0 Å². The van der Waals surface area contributed by atoms with Crippen molar-refractivity contribution in [3.05, 3.63) is 56.0 Å². The van der Waals surface area contributed by atoms with Crippen LogP contribution in [0.4, 0.5) is 5.69 Å². The first-order valence-electron chi connectivity index (χ1n) is 10.6. The zero-order valence-corrected chi connectivity index (χ0v) is 21.4. The second-order valence-electron chi connectivity index (χ2n) is 8.81. The fraction of sp³-hybridized carbons (Fsp3) is 0.458. The zero-order valence-electron chi connectivity index (χ0n) is 19.0. The molecule has 5 nitrogen and oxygen atoms in total. The van der Waals surface area contributed by atoms with Crippen molar-refractivity contribution in [1.29, 1.82) is 0 Å². The smallest absolute Gasteiger partial charge is 0.272 e. The maximum atomic E-state index is 13.8. The first-order chi connectivity index (χ1) is 14.7. The summed E-state index contributed by atoms with van der Waals surface area (Å²) in [5.74, 6) is 0.927. The Bertz CT molecular complexity index is 1030. The Morgan fingerprint density at radius 1 is 1.35 bits per heavy atom. The van der Waals surface area contributed by atoms with Crippen LogP contribution in [0.3, 0.4) is 0 Å². The zero-order chi connectivity index (χ0) is 22.5. The maximum absolute atomic E-state index is 13.8. The third kappa shape index (κ3) is 3.55. The number of aryl methyl sites for hydroxylation is 1. The molecule has 0 saturated carbocycles. The Kier molecular flexibility index (Phi) is 5.85. The summed E-state index contributed by atoms with van der Waals surface area (Å²) in [6, 6.07) is 8.49. The van der Waals surface area contributed by atoms with Gasteiger partial charge in [0.15, 0.2) is 0 Å². The molecule has 31 heavy (non-hydrogen) atoms. The van der Waals surface area contributed by atoms with E-state index in [4.69, 9.17) is 4.74 Å². The van der Waals surface area contributed by atoms with Crippen LogP contribution in [-0.4, -0.2) is 42.5 Å². The van der Waals surface area contributed by atoms with E-state index < -0.39 is 0 Å². The summed E-state index contributed by atoms with van der Waals surface area (Å²) in [6.07, 6.45) is 2.57. The van der Waals surface area contributed by atoms with Crippen molar-refractivity contribution in [2.24, 2.45) is 0 Å². The van der Waals surface area contributed by atoms with Crippen molar-refractivity contribution in [2.75, 3.05) is 26.1 Å². The standard InChI is InChI=1S/C24H30BrN3O2S/c1-7-24(2,3)27(5)23(29)21-17-11-10-15-13-19(30-6)16(25)14-18(15)28(17)22(26(21)4)20-9-8-12-31-20/h8-9,12-14,22H,7,10-11H2,1-6H3. The fourth-order valence-corrected chi connectivity index (χ4v) is 5.75. The summed E-state index contributed by atoms with van der Waals surface area (Å²) < 4.78 is 6.46. The number of benzene rings is 1. The number of ether oxygens (including phenoxy) is 1. The number of thiophene rings is 1. The average molecular weight is 504 g/mol. The summed E-state index contributed by atoms with van der Waals surface area (Å²) in [6.45, 7) is 6.38. The molecule has 166 valence electrons. The van der Waals surface area contributed by atoms with Gasteiger partial charge in [0.05, 0.1) is 11.6 Å². The number of methoxy groups -OCH3 is 1. The van der Waals surface area contributed by atoms with E-state index in [2.05, 4.69) is 76.1 Å². The SMILES string of the molecule is CCC(C)(C)N(C)C(=O)C1=C2CCc3cc(OC)c(Br)cc3N2C(c2cccs2)N1C. The van der Waals surface area contributed by atoms with Gasteiger partial charge in [-0.15, -0.1) is 11.3 Å². The maximum Gasteiger partial charge on any atom is 0.272 e. The number of carbonyl (C=O) groups is 1. The molecule has 2 aromatic rings. The Hall–Kier alpha value is -1.99. The summed E-state index contributed by atoms with van der Waals surface area (Å²) in [5, 5.41) is 2.10. The molecular weight excluding hydrogens is 474 g/mol. The van der Waals surface area contributed by atoms with Crippen molar-refractivity contribution in [1.82, 2.24) is 9.80 Å². The molecule has 0 N–H and O–H groups in total. The number of hydrogen-bond acceptors (Lipinski definition) is 5. The van der Waals surface area contributed by atoms with Crippen LogP contribution in [0.25, 0.3) is 0 Å². The lowest BCUT2D eigenvalue weighted by Gasteiger charge is -2.37. The second kappa shape index (κ2) is 8.17. The molecule has 0 saturated heterocycles. The van der Waals surface area contributed by atoms with Crippen LogP contribution in [0.1, 0.15) is 50.2 Å². The van der Waals surface area contributed by atoms with Gasteiger partial charge < -0.3 is 19.4 Å². The average Bonchev–Trinajstić information content (AvgIpc) is 3.37. The third-order valence-corrected chi connectivity index (χ3v) is 8.38. The van der Waals surface area contributed by atoms with Crippen LogP contribution < -0.4 is 9.64 Å². The lowest BCUT2D eigenvalue weighted by atomic mass is 9.97. The number of carbonyl (C=O) groups excluding carboxylic acids is 1. The monoisotopic (exact) mass is 503 g/mol. The summed E-state index contributed by atoms with van der Waals surface area (Å²) in [5.41, 5.74) is 4.09. The lowest BCUT2D eigenvalue weighted by molar-refractivity contribution is -0.132. The van der Waals surface area contributed by atoms with E-state index in [1.165, 1.54) is 10.4 Å². The molecule has 7 heteroatoms. The predicted octanol–water partition coefficient (Wildman–Crippen LogP) is 5.77. The second-order valence-corrected chi connectivity index (χ2v) is 10.6. The van der Waals surface area contributed by atoms with Crippen LogP contribution in [0.5, 0.6) is 5.75 Å². The Morgan fingerprint density at radius 3 is 2.71 bits per heavy atom. The quantitative estimate of drug-likeness (QED) is 0.518. The fourth-order valence-electron chi connectivity index (χ4n) is 4.40. The highest BCUT2D eigenvalue weighted by Gasteiger charge is 2.45. The van der Waals surface area contributed by atoms with Crippen molar-refractivity contribution >= 4 is 38.9 Å². The van der Waals surface area contributed by atoms with Crippen molar-refractivity contribution in [2.45, 2.75) is 51.7 Å². The van der Waals surface area contributed by atoms with Gasteiger partial charge in [0, 0.05) is 35.9 Å². The number of amides is 1. The summed E-state index contributed by atoms with van der Waals surface area (Å²) >= 11 is 5.39. The number of nitrogens with zero attached hydrogens (tertiary/aromatic N) is 3. The minimum atomic E-state index is -0.208. The van der Waals surface area contributed by atoms with Crippen LogP contribution in [-0.2, 0) is 11.2 Å². The Morgan fingerprint density at radius 2 is 2.10 bits per heavy atom. The molecule has 1 amide bonds. The highest BCUT2D eigenvalue weighted by molar-refractivity contribution is 9.10. The lowest BCUT2D eigenvalue weighted by Crippen LogP contribution is -2.46. The van der Waals surface area contributed by atoms with Crippen molar-refractivity contribution in [3.8, 4) is 5.75 Å². The van der Waals surface area contributed by atoms with Gasteiger partial charge in [0.2, 0.25) is 0 Å². The highest BCUT2D eigenvalue weighted by Crippen LogP contribution is 2.50. The number of likely N-dealkylation sites (N-methyl/N-ethyl adjacent to an activating group) is 2. The van der Waals surface area contributed by atoms with E-state index in [-0.39, 0.29) is 17.6 Å². The highest BCUT2D eigenvalue weighted by atomic mass is 79.9. The largest absolute Gasteiger partial charge is 0.496 e. The van der Waals surface area contributed by atoms with Gasteiger partial charge >= 0.3 is 0 Å². The van der Waals surface area contributed by atoms with E-state index in [1.54, 1.807) is 18.4 Å². The van der Waals surface area contributed by atoms with E-state index in [0.717, 1.165) is 46.6 Å². The van der Waals surface area contributed by atoms with Crippen LogP contribution in [0.15, 0.2) is 45.5 Å². The molecule has 2 aliphatic heterocycles. The molecule has 3 heterocycles. The van der Waals surface area contributed by atoms with E-state index >= 15 is 0 Å². The third-order valence-electron chi connectivity index (χ3n) is 6.85. The van der Waals surface area contributed by atoms with Crippen molar-refractivity contribution in [3.63, 3.8) is 0 Å². The van der Waals surface area contributed by atoms with Gasteiger partial charge in [-0.2, -0.15) is 0 Å². The van der Waals surface area contributed by atoms with Crippen molar-refractivity contribution < 1.29 is 9.53 Å². The number of fused-ring (bicyclic) bond motifs is 3. The number of hydrogen-bond donors (Lipinski definition) is 0. The molecule has 0 aliphatic carbocycles. The molecule has 1 atom stereocenters. The molecule has 0 spiro atoms. The van der Waals surface area contributed by atoms with E-state index in [1.807, 2.05) is 19.0 Å². The number of anilines is 1. The molecule has 0 radical (unpaired) electrons. The van der Waals surface area contributed by atoms with Crippen LogP contribution in [0.2, 0.25) is 0 Å². The molecule has 2 aliphatic rings. The summed E-state index contributed by atoms with van der Waals surface area (Å²) in [7, 11) is 5.67. The Balaban J connectivity index is 1.87. The molecule has 4 rings (SSSR count). The molecule has 1 aromatic heterocycles. The first-order valence-corrected chi connectivity index (χ1v) is 12.3. The van der Waals surface area contributed by atoms with Gasteiger partial charge in [-0.05, 0) is 78.2 Å². The summed E-state index contributed by atoms with van der Waals surface area (Å²) in [4.78, 5) is 21.4. The molecule has 1 aromatic carbocycles. The van der Waals surface area contributed by atoms with Gasteiger partial charge in [0.25, 0.3) is 5.91 Å². The molecular formula is C24H30BrN3O2S. The first kappa shape index (κ1) is 22.2.